The van der Waals surface area contributed by atoms with E-state index < -0.39 is 22.6 Å². The molecule has 0 saturated carbocycles. The molecule has 0 amide bonds. The molecule has 0 aromatic heterocycles. The van der Waals surface area contributed by atoms with Crippen LogP contribution < -0.4 is 9.05 Å². The van der Waals surface area contributed by atoms with Crippen LogP contribution in [0.25, 0.3) is 0 Å². The van der Waals surface area contributed by atoms with Crippen LogP contribution in [0.2, 0.25) is 0 Å². The number of hydrogen-bond acceptors (Lipinski definition) is 6. The van der Waals surface area contributed by atoms with Crippen molar-refractivity contribution in [3.05, 3.63) is 57.6 Å². The zero-order valence-electron chi connectivity index (χ0n) is 59.3. The third-order valence-electron chi connectivity index (χ3n) is 20.2. The lowest BCUT2D eigenvalue weighted by Gasteiger charge is -2.57. The number of rotatable bonds is 56. The van der Waals surface area contributed by atoms with Crippen molar-refractivity contribution < 1.29 is 28.6 Å². The second kappa shape index (κ2) is 47.6. The molecule has 0 spiro atoms. The monoisotopic (exact) mass is 1240 g/mol. The molecule has 4 N–H and O–H groups in total. The van der Waals surface area contributed by atoms with Gasteiger partial charge in [0.2, 0.25) is 0 Å². The Morgan fingerprint density at radius 3 is 0.802 bits per heavy atom. The van der Waals surface area contributed by atoms with Gasteiger partial charge in [0.1, 0.15) is 11.5 Å². The smallest absolute Gasteiger partial charge is 0.391 e. The summed E-state index contributed by atoms with van der Waals surface area (Å²) in [6, 6.07) is 9.38. The summed E-state index contributed by atoms with van der Waals surface area (Å²) in [4.78, 5) is 42.5. The zero-order valence-corrected chi connectivity index (χ0v) is 61.1. The Bertz CT molecular complexity index is 1850. The molecule has 0 heterocycles. The van der Waals surface area contributed by atoms with Crippen LogP contribution >= 0.6 is 17.2 Å². The summed E-state index contributed by atoms with van der Waals surface area (Å²) >= 11 is 0. The van der Waals surface area contributed by atoms with E-state index in [-0.39, 0.29) is 16.2 Å². The molecule has 0 aliphatic heterocycles. The fourth-order valence-electron chi connectivity index (χ4n) is 15.1. The third kappa shape index (κ3) is 31.4. The average molecular weight is 1240 g/mol. The van der Waals surface area contributed by atoms with Crippen LogP contribution in [-0.2, 0) is 16.2 Å². The lowest BCUT2D eigenvalue weighted by atomic mass is 9.46. The van der Waals surface area contributed by atoms with E-state index in [4.69, 9.17) is 9.05 Å². The van der Waals surface area contributed by atoms with Gasteiger partial charge in [0.15, 0.2) is 0 Å². The first-order chi connectivity index (χ1) is 41.3. The summed E-state index contributed by atoms with van der Waals surface area (Å²) in [5, 5.41) is 0. The molecule has 6 nitrogen and oxygen atoms in total. The normalized spacial score (nSPS) is 13.0. The average Bonchev–Trinajstić information content (AvgIpc) is 0.803. The number of benzene rings is 2. The van der Waals surface area contributed by atoms with Gasteiger partial charge in [-0.25, -0.2) is 0 Å². The highest BCUT2D eigenvalue weighted by atomic mass is 31.2. The molecule has 1 atom stereocenters. The Hall–Kier alpha value is -1.26. The van der Waals surface area contributed by atoms with Crippen molar-refractivity contribution in [2.24, 2.45) is 11.3 Å². The van der Waals surface area contributed by atoms with Crippen LogP contribution in [-0.4, -0.2) is 19.6 Å². The highest BCUT2D eigenvalue weighted by Gasteiger charge is 2.56. The lowest BCUT2D eigenvalue weighted by molar-refractivity contribution is 0.0272. The SMILES string of the molecule is CCCCCCCCCCCCCC(C)C(CCCCCCCCCCCCC)(CCCCCCCCCCCCC)C(CCCCCCCCCCCCC)(c1cc(C(C)(C)C)c(OP(O)O)cc1C)c1cc(C(C)(C)C)c(OP(O)O)cc1C. The van der Waals surface area contributed by atoms with E-state index in [2.05, 4.69) is 114 Å². The van der Waals surface area contributed by atoms with Crippen molar-refractivity contribution in [3.63, 3.8) is 0 Å². The van der Waals surface area contributed by atoms with Crippen molar-refractivity contribution in [2.75, 3.05) is 0 Å². The molecule has 0 bridgehead atoms. The van der Waals surface area contributed by atoms with Gasteiger partial charge in [-0.1, -0.05) is 377 Å². The minimum Gasteiger partial charge on any atom is -0.427 e. The second-order valence-electron chi connectivity index (χ2n) is 29.7. The molecular formula is C78H144O6P2. The van der Waals surface area contributed by atoms with Crippen LogP contribution in [0.4, 0.5) is 0 Å². The number of hydrogen-bond donors (Lipinski definition) is 4. The van der Waals surface area contributed by atoms with Crippen molar-refractivity contribution in [1.29, 1.82) is 0 Å². The van der Waals surface area contributed by atoms with Crippen molar-refractivity contribution in [1.82, 2.24) is 0 Å². The van der Waals surface area contributed by atoms with Crippen LogP contribution in [0.5, 0.6) is 11.5 Å². The summed E-state index contributed by atoms with van der Waals surface area (Å²) in [5.74, 6) is 1.56. The molecule has 0 saturated heterocycles. The first kappa shape index (κ1) is 80.8. The summed E-state index contributed by atoms with van der Waals surface area (Å²) in [7, 11) is -5.27. The van der Waals surface area contributed by atoms with Crippen LogP contribution in [0, 0.1) is 25.2 Å². The van der Waals surface area contributed by atoms with Gasteiger partial charge in [0.05, 0.1) is 0 Å². The second-order valence-corrected chi connectivity index (χ2v) is 31.0. The first-order valence-electron chi connectivity index (χ1n) is 37.3. The molecule has 8 heteroatoms. The van der Waals surface area contributed by atoms with Gasteiger partial charge < -0.3 is 28.6 Å². The molecule has 0 fully saturated rings. The summed E-state index contributed by atoms with van der Waals surface area (Å²) in [5.41, 5.74) is 5.79. The summed E-state index contributed by atoms with van der Waals surface area (Å²) in [6.45, 7) is 30.1. The van der Waals surface area contributed by atoms with E-state index in [0.717, 1.165) is 47.9 Å². The van der Waals surface area contributed by atoms with Gasteiger partial charge in [-0.3, -0.25) is 0 Å². The minimum atomic E-state index is -2.63. The molecule has 1 unspecified atom stereocenters. The molecule has 2 rings (SSSR count). The highest BCUT2D eigenvalue weighted by Crippen LogP contribution is 2.63. The first-order valence-corrected chi connectivity index (χ1v) is 39.6. The third-order valence-corrected chi connectivity index (χ3v) is 20.9. The maximum absolute atomic E-state index is 10.6. The summed E-state index contributed by atoms with van der Waals surface area (Å²) in [6.07, 6.45) is 62.6. The predicted molar refractivity (Wildman–Crippen MR) is 380 cm³/mol. The van der Waals surface area contributed by atoms with E-state index in [9.17, 15) is 19.6 Å². The highest BCUT2D eigenvalue weighted by molar-refractivity contribution is 7.40. The van der Waals surface area contributed by atoms with Crippen LogP contribution in [0.1, 0.15) is 418 Å². The molecular weight excluding hydrogens is 1090 g/mol. The van der Waals surface area contributed by atoms with Gasteiger partial charge in [-0.05, 0) is 89.7 Å². The minimum absolute atomic E-state index is 0.145. The zero-order chi connectivity index (χ0) is 63.5. The standard InChI is InChI=1S/C78H144O6P2/c1-14-18-22-26-30-34-38-42-46-50-54-58-68(7)77(59-55-51-47-43-39-35-31-27-23-19-15-2,60-56-52-48-44-40-36-32-28-24-20-16-3)78(61-57-53-49-45-41-37-33-29-25-21-17-4,69-64-71(75(8,9)10)73(62-66(69)5)83-85(79)80)70-65-72(76(11,12)13)74(63-67(70)6)84-86(81)82/h62-65,68,79-82H,14-61H2,1-13H3. The lowest BCUT2D eigenvalue weighted by Crippen LogP contribution is -2.52. The maximum Gasteiger partial charge on any atom is 0.391 e. The fraction of sp³-hybridized carbons (Fsp3) is 0.846. The van der Waals surface area contributed by atoms with Crippen molar-refractivity contribution >= 4 is 17.2 Å². The van der Waals surface area contributed by atoms with Crippen molar-refractivity contribution in [3.8, 4) is 11.5 Å². The van der Waals surface area contributed by atoms with E-state index in [1.807, 2.05) is 0 Å². The maximum atomic E-state index is 10.6. The Kier molecular flexibility index (Phi) is 44.7. The van der Waals surface area contributed by atoms with Gasteiger partial charge in [0.25, 0.3) is 0 Å². The number of unbranched alkanes of at least 4 members (excludes halogenated alkanes) is 40. The largest absolute Gasteiger partial charge is 0.427 e. The van der Waals surface area contributed by atoms with Crippen LogP contribution in [0.15, 0.2) is 24.3 Å². The quantitative estimate of drug-likeness (QED) is 0.0389. The molecule has 2 aromatic rings. The summed E-state index contributed by atoms with van der Waals surface area (Å²) < 4.78 is 12.2. The molecule has 502 valence electrons. The van der Waals surface area contributed by atoms with Crippen LogP contribution in [0.3, 0.4) is 0 Å². The predicted octanol–water partition coefficient (Wildman–Crippen LogP) is 26.8. The van der Waals surface area contributed by atoms with E-state index >= 15 is 0 Å². The van der Waals surface area contributed by atoms with Gasteiger partial charge in [-0.2, -0.15) is 0 Å². The van der Waals surface area contributed by atoms with Crippen molar-refractivity contribution in [2.45, 2.75) is 414 Å². The van der Waals surface area contributed by atoms with Gasteiger partial charge in [-0.15, -0.1) is 0 Å². The van der Waals surface area contributed by atoms with E-state index in [1.165, 1.54) is 294 Å². The Morgan fingerprint density at radius 1 is 0.326 bits per heavy atom. The Labute approximate surface area is 537 Å². The molecule has 2 aromatic carbocycles. The number of aryl methyl sites for hydroxylation is 2. The fourth-order valence-corrected chi connectivity index (χ4v) is 15.8. The molecule has 0 aliphatic carbocycles. The topological polar surface area (TPSA) is 99.4 Å². The van der Waals surface area contributed by atoms with E-state index in [0.29, 0.717) is 17.4 Å². The van der Waals surface area contributed by atoms with Gasteiger partial charge in [0, 0.05) is 16.5 Å². The molecule has 0 aliphatic rings. The molecule has 0 radical (unpaired) electrons. The van der Waals surface area contributed by atoms with Gasteiger partial charge >= 0.3 is 17.2 Å². The van der Waals surface area contributed by atoms with E-state index in [1.54, 1.807) is 0 Å². The Morgan fingerprint density at radius 2 is 0.558 bits per heavy atom. The molecule has 86 heavy (non-hydrogen) atoms. The Balaban J connectivity index is 3.13.